The smallest absolute Gasteiger partial charge is 0.137 e. The second-order valence-corrected chi connectivity index (χ2v) is 14.3. The summed E-state index contributed by atoms with van der Waals surface area (Å²) in [4.78, 5) is 2.44. The average molecular weight is 683 g/mol. The lowest BCUT2D eigenvalue weighted by Crippen LogP contribution is -2.11. The molecule has 11 aromatic rings. The molecular weight excluding hydrogens is 653 g/mol. The van der Waals surface area contributed by atoms with Crippen LogP contribution in [0.1, 0.15) is 0 Å². The van der Waals surface area contributed by atoms with Gasteiger partial charge in [0, 0.05) is 47.7 Å². The minimum absolute atomic E-state index is 0.873. The molecule has 0 atom stereocenters. The molecule has 3 heterocycles. The number of hydrogen-bond donors (Lipinski definition) is 0. The molecule has 8 aromatic carbocycles. The second-order valence-electron chi connectivity index (χ2n) is 13.3. The van der Waals surface area contributed by atoms with E-state index in [0.29, 0.717) is 0 Å². The summed E-state index contributed by atoms with van der Waals surface area (Å²) in [5.41, 5.74) is 11.0. The highest BCUT2D eigenvalue weighted by Crippen LogP contribution is 2.50. The summed E-state index contributed by atoms with van der Waals surface area (Å²) in [6.07, 6.45) is 0. The van der Waals surface area contributed by atoms with Crippen LogP contribution in [0.15, 0.2) is 186 Å². The van der Waals surface area contributed by atoms with E-state index >= 15 is 0 Å². The molecule has 0 spiro atoms. The molecular formula is C48H30N2OS. The molecule has 0 saturated heterocycles. The molecule has 0 unspecified atom stereocenters. The number of thiophene rings is 1. The van der Waals surface area contributed by atoms with Gasteiger partial charge < -0.3 is 13.9 Å². The monoisotopic (exact) mass is 682 g/mol. The number of aromatic nitrogens is 1. The maximum Gasteiger partial charge on any atom is 0.137 e. The number of benzene rings is 8. The maximum atomic E-state index is 6.46. The lowest BCUT2D eigenvalue weighted by Gasteiger charge is -2.28. The van der Waals surface area contributed by atoms with Gasteiger partial charge in [0.05, 0.1) is 27.8 Å². The van der Waals surface area contributed by atoms with E-state index in [9.17, 15) is 0 Å². The standard InChI is InChI=1S/C48H30N2OS/c1-2-13-31(14-3-1)34-29-30-42(47-38-18-7-11-24-45(38)52-48(34)47)50(41-21-12-23-44-46(41)37-17-6-10-22-43(37)51-44)33-27-25-32(26-28-33)49-39-19-8-4-15-35(39)36-16-5-9-20-40(36)49/h1-30H. The van der Waals surface area contributed by atoms with Crippen LogP contribution in [0.5, 0.6) is 0 Å². The van der Waals surface area contributed by atoms with E-state index in [1.54, 1.807) is 0 Å². The second kappa shape index (κ2) is 11.5. The van der Waals surface area contributed by atoms with E-state index in [-0.39, 0.29) is 0 Å². The summed E-state index contributed by atoms with van der Waals surface area (Å²) in [7, 11) is 0. The fourth-order valence-electron chi connectivity index (χ4n) is 8.14. The summed E-state index contributed by atoms with van der Waals surface area (Å²) < 4.78 is 11.4. The van der Waals surface area contributed by atoms with Gasteiger partial charge in [-0.05, 0) is 77.9 Å². The first-order chi connectivity index (χ1) is 25.8. The Morgan fingerprint density at radius 3 is 1.83 bits per heavy atom. The van der Waals surface area contributed by atoms with Gasteiger partial charge in [-0.15, -0.1) is 11.3 Å². The van der Waals surface area contributed by atoms with Crippen LogP contribution < -0.4 is 4.90 Å². The lowest BCUT2D eigenvalue weighted by atomic mass is 9.99. The summed E-state index contributed by atoms with van der Waals surface area (Å²) in [6, 6.07) is 65.4. The predicted molar refractivity (Wildman–Crippen MR) is 221 cm³/mol. The molecule has 52 heavy (non-hydrogen) atoms. The summed E-state index contributed by atoms with van der Waals surface area (Å²) in [6.45, 7) is 0. The summed E-state index contributed by atoms with van der Waals surface area (Å²) in [5, 5.41) is 7.22. The van der Waals surface area contributed by atoms with E-state index in [2.05, 4.69) is 185 Å². The van der Waals surface area contributed by atoms with E-state index in [0.717, 1.165) is 44.7 Å². The molecule has 0 radical (unpaired) electrons. The first-order valence-corrected chi connectivity index (χ1v) is 18.4. The molecule has 0 amide bonds. The molecule has 244 valence electrons. The molecule has 4 heteroatoms. The zero-order chi connectivity index (χ0) is 34.2. The normalized spacial score (nSPS) is 11.8. The van der Waals surface area contributed by atoms with Gasteiger partial charge in [-0.25, -0.2) is 0 Å². The molecule has 3 aromatic heterocycles. The number of para-hydroxylation sites is 3. The zero-order valence-corrected chi connectivity index (χ0v) is 28.8. The summed E-state index contributed by atoms with van der Waals surface area (Å²) >= 11 is 1.87. The Kier molecular flexibility index (Phi) is 6.42. The predicted octanol–water partition coefficient (Wildman–Crippen LogP) is 14.2. The highest BCUT2D eigenvalue weighted by Gasteiger charge is 2.24. The van der Waals surface area contributed by atoms with Gasteiger partial charge in [0.1, 0.15) is 11.2 Å². The number of rotatable bonds is 5. The molecule has 3 nitrogen and oxygen atoms in total. The van der Waals surface area contributed by atoms with Crippen molar-refractivity contribution in [2.45, 2.75) is 0 Å². The van der Waals surface area contributed by atoms with Crippen LogP contribution in [0.4, 0.5) is 17.1 Å². The Labute approximate surface area is 303 Å². The molecule has 0 saturated carbocycles. The van der Waals surface area contributed by atoms with E-state index in [1.165, 1.54) is 53.1 Å². The van der Waals surface area contributed by atoms with Crippen LogP contribution in [0.25, 0.3) is 80.7 Å². The Hall–Kier alpha value is -6.62. The van der Waals surface area contributed by atoms with Crippen LogP contribution in [0, 0.1) is 0 Å². The number of fused-ring (bicyclic) bond motifs is 9. The molecule has 0 bridgehead atoms. The fourth-order valence-corrected chi connectivity index (χ4v) is 9.40. The fraction of sp³-hybridized carbons (Fsp3) is 0. The molecule has 0 fully saturated rings. The van der Waals surface area contributed by atoms with Crippen LogP contribution in [-0.2, 0) is 0 Å². The van der Waals surface area contributed by atoms with Crippen LogP contribution in [0.2, 0.25) is 0 Å². The maximum absolute atomic E-state index is 6.46. The minimum atomic E-state index is 0.873. The van der Waals surface area contributed by atoms with Crippen molar-refractivity contribution < 1.29 is 4.42 Å². The number of hydrogen-bond acceptors (Lipinski definition) is 3. The van der Waals surface area contributed by atoms with Gasteiger partial charge in [-0.3, -0.25) is 0 Å². The van der Waals surface area contributed by atoms with Gasteiger partial charge in [0.15, 0.2) is 0 Å². The molecule has 11 rings (SSSR count). The van der Waals surface area contributed by atoms with Gasteiger partial charge in [-0.1, -0.05) is 115 Å². The van der Waals surface area contributed by atoms with Crippen molar-refractivity contribution >= 4 is 92.3 Å². The minimum Gasteiger partial charge on any atom is -0.456 e. The summed E-state index contributed by atoms with van der Waals surface area (Å²) in [5.74, 6) is 0. The van der Waals surface area contributed by atoms with Crippen LogP contribution >= 0.6 is 11.3 Å². The third kappa shape index (κ3) is 4.31. The number of anilines is 3. The largest absolute Gasteiger partial charge is 0.456 e. The van der Waals surface area contributed by atoms with Gasteiger partial charge in [-0.2, -0.15) is 0 Å². The zero-order valence-electron chi connectivity index (χ0n) is 28.0. The first-order valence-electron chi connectivity index (χ1n) is 17.6. The van der Waals surface area contributed by atoms with Crippen molar-refractivity contribution in [3.05, 3.63) is 182 Å². The Morgan fingerprint density at radius 2 is 1.06 bits per heavy atom. The average Bonchev–Trinajstić information content (AvgIpc) is 3.89. The van der Waals surface area contributed by atoms with E-state index in [4.69, 9.17) is 4.42 Å². The van der Waals surface area contributed by atoms with Crippen molar-refractivity contribution in [2.75, 3.05) is 4.90 Å². The SMILES string of the molecule is c1ccc(-c2ccc(N(c3ccc(-n4c5ccccc5c5ccccc54)cc3)c3cccc4oc5ccccc5c34)c3c2sc2ccccc23)cc1. The van der Waals surface area contributed by atoms with Gasteiger partial charge >= 0.3 is 0 Å². The van der Waals surface area contributed by atoms with Crippen molar-refractivity contribution in [3.8, 4) is 16.8 Å². The molecule has 0 aliphatic rings. The van der Waals surface area contributed by atoms with Crippen molar-refractivity contribution in [1.82, 2.24) is 4.57 Å². The van der Waals surface area contributed by atoms with E-state index < -0.39 is 0 Å². The lowest BCUT2D eigenvalue weighted by molar-refractivity contribution is 0.669. The van der Waals surface area contributed by atoms with E-state index in [1.807, 2.05) is 17.4 Å². The quantitative estimate of drug-likeness (QED) is 0.180. The molecule has 0 aliphatic heterocycles. The van der Waals surface area contributed by atoms with Crippen LogP contribution in [0.3, 0.4) is 0 Å². The number of nitrogens with zero attached hydrogens (tertiary/aromatic N) is 2. The van der Waals surface area contributed by atoms with Gasteiger partial charge in [0.2, 0.25) is 0 Å². The third-order valence-electron chi connectivity index (χ3n) is 10.4. The highest BCUT2D eigenvalue weighted by atomic mass is 32.1. The first kappa shape index (κ1) is 29.1. The van der Waals surface area contributed by atoms with Crippen LogP contribution in [-0.4, -0.2) is 4.57 Å². The Bertz CT molecular complexity index is 3080. The molecule has 0 N–H and O–H groups in total. The topological polar surface area (TPSA) is 21.3 Å². The Morgan fingerprint density at radius 1 is 0.442 bits per heavy atom. The van der Waals surface area contributed by atoms with Crippen molar-refractivity contribution in [1.29, 1.82) is 0 Å². The van der Waals surface area contributed by atoms with Crippen molar-refractivity contribution in [3.63, 3.8) is 0 Å². The highest BCUT2D eigenvalue weighted by molar-refractivity contribution is 7.26. The third-order valence-corrected chi connectivity index (χ3v) is 11.6. The number of furan rings is 1. The van der Waals surface area contributed by atoms with Gasteiger partial charge in [0.25, 0.3) is 0 Å². The Balaban J connectivity index is 1.20. The molecule has 0 aliphatic carbocycles. The van der Waals surface area contributed by atoms with Crippen molar-refractivity contribution in [2.24, 2.45) is 0 Å².